The molecule has 5 rings (SSSR count). The molecular weight excluding hydrogens is 471 g/mol. The van der Waals surface area contributed by atoms with Gasteiger partial charge in [0.05, 0.1) is 17.0 Å². The Hall–Kier alpha value is -2.76. The number of hydrogen-bond acceptors (Lipinski definition) is 7. The molecule has 6 nitrogen and oxygen atoms in total. The highest BCUT2D eigenvalue weighted by Gasteiger charge is 2.31. The van der Waals surface area contributed by atoms with Crippen molar-refractivity contribution in [3.05, 3.63) is 63.0 Å². The first-order valence-electron chi connectivity index (χ1n) is 10.4. The number of anilines is 1. The van der Waals surface area contributed by atoms with Crippen LogP contribution in [-0.4, -0.2) is 46.0 Å². The van der Waals surface area contributed by atoms with E-state index in [1.54, 1.807) is 11.3 Å². The monoisotopic (exact) mass is 491 g/mol. The summed E-state index contributed by atoms with van der Waals surface area (Å²) in [5.74, 6) is 1.15. The number of nitrogens with zero attached hydrogens (tertiary/aromatic N) is 4. The van der Waals surface area contributed by atoms with Gasteiger partial charge in [0, 0.05) is 48.2 Å². The minimum atomic E-state index is -4.39. The fourth-order valence-electron chi connectivity index (χ4n) is 4.03. The third-order valence-electron chi connectivity index (χ3n) is 5.91. The first-order valence-corrected chi connectivity index (χ1v) is 12.1. The van der Waals surface area contributed by atoms with E-state index < -0.39 is 11.7 Å². The van der Waals surface area contributed by atoms with Crippen LogP contribution in [0.25, 0.3) is 20.7 Å². The van der Waals surface area contributed by atoms with Crippen LogP contribution in [0.5, 0.6) is 0 Å². The number of pyridine rings is 1. The molecule has 4 aromatic rings. The normalized spacial score (nSPS) is 16.4. The van der Waals surface area contributed by atoms with Gasteiger partial charge < -0.3 is 9.88 Å². The Morgan fingerprint density at radius 3 is 2.55 bits per heavy atom. The fraction of sp³-hybridized carbons (Fsp3) is 0.318. The van der Waals surface area contributed by atoms with Crippen molar-refractivity contribution in [1.29, 1.82) is 0 Å². The number of aromatic amines is 1. The number of alkyl halides is 3. The van der Waals surface area contributed by atoms with E-state index in [4.69, 9.17) is 4.98 Å². The van der Waals surface area contributed by atoms with Gasteiger partial charge in [0.15, 0.2) is 0 Å². The van der Waals surface area contributed by atoms with E-state index in [0.717, 1.165) is 27.5 Å². The molecule has 0 unspecified atom stereocenters. The summed E-state index contributed by atoms with van der Waals surface area (Å²) < 4.78 is 38.3. The largest absolute Gasteiger partial charge is 0.417 e. The van der Waals surface area contributed by atoms with Crippen molar-refractivity contribution in [2.45, 2.75) is 19.1 Å². The van der Waals surface area contributed by atoms with Crippen LogP contribution in [0.1, 0.15) is 24.4 Å². The minimum Gasteiger partial charge on any atom is -0.354 e. The average Bonchev–Trinajstić information content (AvgIpc) is 3.48. The van der Waals surface area contributed by atoms with Gasteiger partial charge in [-0.1, -0.05) is 6.07 Å². The number of thiophene rings is 2. The molecule has 1 fully saturated rings. The van der Waals surface area contributed by atoms with Crippen molar-refractivity contribution in [2.75, 3.05) is 31.1 Å². The van der Waals surface area contributed by atoms with Gasteiger partial charge in [0.2, 0.25) is 0 Å². The summed E-state index contributed by atoms with van der Waals surface area (Å²) in [5, 5.41) is 4.58. The zero-order valence-corrected chi connectivity index (χ0v) is 19.2. The van der Waals surface area contributed by atoms with Crippen molar-refractivity contribution >= 4 is 38.7 Å². The molecule has 0 spiro atoms. The first kappa shape index (κ1) is 22.1. The zero-order chi connectivity index (χ0) is 23.2. The minimum absolute atomic E-state index is 0.0999. The standard InChI is InChI=1S/C22H20F3N5OS2/c1-13(19-27-20(31)18-15(12-33-21(18)28-19)16-3-2-10-32-16)29-6-8-30(9-7-29)17-5-4-14(11-26-17)22(23,24)25/h2-5,10-13H,6-9H2,1H3,(H,27,28,31)/t13-/m1/s1. The predicted octanol–water partition coefficient (Wildman–Crippen LogP) is 5.01. The van der Waals surface area contributed by atoms with Gasteiger partial charge in [-0.15, -0.1) is 22.7 Å². The van der Waals surface area contributed by atoms with Gasteiger partial charge in [0.1, 0.15) is 16.5 Å². The second-order valence-electron chi connectivity index (χ2n) is 7.86. The van der Waals surface area contributed by atoms with Crippen LogP contribution < -0.4 is 10.5 Å². The quantitative estimate of drug-likeness (QED) is 0.435. The molecule has 1 saturated heterocycles. The Morgan fingerprint density at radius 1 is 1.12 bits per heavy atom. The van der Waals surface area contributed by atoms with E-state index in [0.29, 0.717) is 43.2 Å². The molecule has 0 aromatic carbocycles. The van der Waals surface area contributed by atoms with Crippen molar-refractivity contribution in [1.82, 2.24) is 19.9 Å². The van der Waals surface area contributed by atoms with Gasteiger partial charge in [-0.25, -0.2) is 9.97 Å². The van der Waals surface area contributed by atoms with Crippen LogP contribution in [0.2, 0.25) is 0 Å². The third kappa shape index (κ3) is 4.28. The molecule has 11 heteroatoms. The second-order valence-corrected chi connectivity index (χ2v) is 9.67. The molecule has 1 aliphatic rings. The number of aromatic nitrogens is 3. The van der Waals surface area contributed by atoms with Crippen molar-refractivity contribution < 1.29 is 13.2 Å². The van der Waals surface area contributed by atoms with Gasteiger partial charge in [-0.05, 0) is 30.5 Å². The number of piperazine rings is 1. The molecule has 33 heavy (non-hydrogen) atoms. The summed E-state index contributed by atoms with van der Waals surface area (Å²) in [6.07, 6.45) is -3.52. The molecule has 1 aliphatic heterocycles. The molecule has 5 heterocycles. The van der Waals surface area contributed by atoms with E-state index in [2.05, 4.69) is 14.9 Å². The smallest absolute Gasteiger partial charge is 0.354 e. The molecule has 0 bridgehead atoms. The second kappa shape index (κ2) is 8.54. The maximum atomic E-state index is 12.9. The lowest BCUT2D eigenvalue weighted by Crippen LogP contribution is -2.47. The van der Waals surface area contributed by atoms with Gasteiger partial charge in [0.25, 0.3) is 5.56 Å². The van der Waals surface area contributed by atoms with Crippen molar-refractivity contribution in [3.63, 3.8) is 0 Å². The molecule has 0 amide bonds. The zero-order valence-electron chi connectivity index (χ0n) is 17.6. The number of rotatable bonds is 4. The van der Waals surface area contributed by atoms with E-state index in [1.807, 2.05) is 34.7 Å². The highest BCUT2D eigenvalue weighted by molar-refractivity contribution is 7.18. The topological polar surface area (TPSA) is 65.1 Å². The highest BCUT2D eigenvalue weighted by Crippen LogP contribution is 2.34. The Morgan fingerprint density at radius 2 is 1.91 bits per heavy atom. The molecule has 0 radical (unpaired) electrons. The van der Waals surface area contributed by atoms with Gasteiger partial charge in [-0.3, -0.25) is 9.69 Å². The lowest BCUT2D eigenvalue weighted by molar-refractivity contribution is -0.137. The van der Waals surface area contributed by atoms with E-state index in [1.165, 1.54) is 17.4 Å². The molecule has 4 aromatic heterocycles. The average molecular weight is 492 g/mol. The lowest BCUT2D eigenvalue weighted by atomic mass is 10.2. The van der Waals surface area contributed by atoms with E-state index in [-0.39, 0.29) is 11.6 Å². The summed E-state index contributed by atoms with van der Waals surface area (Å²) in [7, 11) is 0. The van der Waals surface area contributed by atoms with E-state index >= 15 is 0 Å². The molecular formula is C22H20F3N5OS2. The number of fused-ring (bicyclic) bond motifs is 1. The van der Waals surface area contributed by atoms with Gasteiger partial charge >= 0.3 is 6.18 Å². The van der Waals surface area contributed by atoms with Crippen LogP contribution in [0.3, 0.4) is 0 Å². The molecule has 0 aliphatic carbocycles. The number of halogens is 3. The van der Waals surface area contributed by atoms with Crippen LogP contribution >= 0.6 is 22.7 Å². The summed E-state index contributed by atoms with van der Waals surface area (Å²) in [6, 6.07) is 6.33. The third-order valence-corrected chi connectivity index (χ3v) is 7.68. The van der Waals surface area contributed by atoms with Crippen LogP contribution in [-0.2, 0) is 6.18 Å². The summed E-state index contributed by atoms with van der Waals surface area (Å²) in [4.78, 5) is 30.5. The first-order chi connectivity index (χ1) is 15.8. The molecule has 0 saturated carbocycles. The molecule has 1 atom stereocenters. The highest BCUT2D eigenvalue weighted by atomic mass is 32.1. The SMILES string of the molecule is C[C@H](c1nc2scc(-c3cccs3)c2c(=O)[nH]1)N1CCN(c2ccc(C(F)(F)F)cn2)CC1. The number of H-pyrrole nitrogens is 1. The lowest BCUT2D eigenvalue weighted by Gasteiger charge is -2.38. The van der Waals surface area contributed by atoms with Crippen molar-refractivity contribution in [3.8, 4) is 10.4 Å². The Kier molecular flexibility index (Phi) is 5.71. The van der Waals surface area contributed by atoms with Crippen LogP contribution in [0.15, 0.2) is 46.0 Å². The van der Waals surface area contributed by atoms with E-state index in [9.17, 15) is 18.0 Å². The fourth-order valence-corrected chi connectivity index (χ4v) is 5.80. The summed E-state index contributed by atoms with van der Waals surface area (Å²) in [5.41, 5.74) is 0.0226. The molecule has 1 N–H and O–H groups in total. The Labute approximate surface area is 195 Å². The van der Waals surface area contributed by atoms with Crippen LogP contribution in [0, 0.1) is 0 Å². The Bertz CT molecular complexity index is 1310. The van der Waals surface area contributed by atoms with Gasteiger partial charge in [-0.2, -0.15) is 13.2 Å². The number of nitrogens with one attached hydrogen (secondary N) is 1. The number of hydrogen-bond donors (Lipinski definition) is 1. The summed E-state index contributed by atoms with van der Waals surface area (Å²) in [6.45, 7) is 4.60. The van der Waals surface area contributed by atoms with Crippen molar-refractivity contribution in [2.24, 2.45) is 0 Å². The molecule has 172 valence electrons. The predicted molar refractivity (Wildman–Crippen MR) is 125 cm³/mol. The summed E-state index contributed by atoms with van der Waals surface area (Å²) >= 11 is 3.06. The maximum absolute atomic E-state index is 12.9. The van der Waals surface area contributed by atoms with Crippen LogP contribution in [0.4, 0.5) is 19.0 Å². The maximum Gasteiger partial charge on any atom is 0.417 e. The Balaban J connectivity index is 1.30.